The van der Waals surface area contributed by atoms with E-state index < -0.39 is 12.7 Å². The predicted molar refractivity (Wildman–Crippen MR) is 116 cm³/mol. The van der Waals surface area contributed by atoms with Crippen LogP contribution in [0.2, 0.25) is 0 Å². The molecular formula is C22H28N4O6. The van der Waals surface area contributed by atoms with Gasteiger partial charge < -0.3 is 29.9 Å². The van der Waals surface area contributed by atoms with Crippen molar-refractivity contribution in [1.29, 1.82) is 0 Å². The zero-order chi connectivity index (χ0) is 22.9. The van der Waals surface area contributed by atoms with Crippen molar-refractivity contribution in [3.05, 3.63) is 48.2 Å². The summed E-state index contributed by atoms with van der Waals surface area (Å²) in [6.45, 7) is 1.11. The van der Waals surface area contributed by atoms with E-state index >= 15 is 0 Å². The molecule has 0 radical (unpaired) electrons. The maximum Gasteiger partial charge on any atom is 0.259 e. The number of hydrogen-bond acceptors (Lipinski definition) is 8. The number of benzene rings is 1. The number of ether oxygens (including phenoxy) is 2. The van der Waals surface area contributed by atoms with Crippen molar-refractivity contribution in [3.63, 3.8) is 0 Å². The summed E-state index contributed by atoms with van der Waals surface area (Å²) in [5.74, 6) is 0.581. The van der Waals surface area contributed by atoms with E-state index in [4.69, 9.17) is 14.6 Å². The van der Waals surface area contributed by atoms with Gasteiger partial charge in [0.05, 0.1) is 19.3 Å². The van der Waals surface area contributed by atoms with Crippen molar-refractivity contribution in [2.75, 3.05) is 53.0 Å². The standard InChI is InChI=1S/C22H28N4O6/c1-25-9-10-26(14-20(29)24-13-16(28)15-27)11-12-31-18-6-2-3-7-19(18)32-21-17(22(25)30)5-4-8-23-21/h2-8,16,27-28H,9-15H2,1H3,(H,24,29). The van der Waals surface area contributed by atoms with E-state index in [9.17, 15) is 14.7 Å². The summed E-state index contributed by atoms with van der Waals surface area (Å²) in [5.41, 5.74) is 0.325. The van der Waals surface area contributed by atoms with Crippen LogP contribution in [-0.4, -0.2) is 95.9 Å². The molecule has 1 atom stereocenters. The number of fused-ring (bicyclic) bond motifs is 2. The lowest BCUT2D eigenvalue weighted by Gasteiger charge is -2.25. The van der Waals surface area contributed by atoms with Crippen LogP contribution in [0.15, 0.2) is 42.6 Å². The molecule has 2 amide bonds. The molecule has 0 fully saturated rings. The molecule has 10 nitrogen and oxygen atoms in total. The van der Waals surface area contributed by atoms with Crippen molar-refractivity contribution in [2.24, 2.45) is 0 Å². The van der Waals surface area contributed by atoms with E-state index in [2.05, 4.69) is 10.3 Å². The molecule has 0 saturated heterocycles. The van der Waals surface area contributed by atoms with Gasteiger partial charge in [-0.25, -0.2) is 4.98 Å². The van der Waals surface area contributed by atoms with Crippen molar-refractivity contribution in [1.82, 2.24) is 20.1 Å². The minimum atomic E-state index is -1.01. The molecule has 1 aromatic carbocycles. The zero-order valence-electron chi connectivity index (χ0n) is 17.9. The van der Waals surface area contributed by atoms with Crippen LogP contribution in [0.1, 0.15) is 10.4 Å². The second-order valence-electron chi connectivity index (χ2n) is 7.40. The van der Waals surface area contributed by atoms with Crippen molar-refractivity contribution in [3.8, 4) is 17.4 Å². The Morgan fingerprint density at radius 3 is 2.75 bits per heavy atom. The third-order valence-corrected chi connectivity index (χ3v) is 4.93. The zero-order valence-corrected chi connectivity index (χ0v) is 17.9. The topological polar surface area (TPSA) is 124 Å². The number of nitrogens with one attached hydrogen (secondary N) is 1. The van der Waals surface area contributed by atoms with E-state index in [1.807, 2.05) is 11.0 Å². The van der Waals surface area contributed by atoms with Crippen LogP contribution in [0, 0.1) is 0 Å². The minimum absolute atomic E-state index is 0.0352. The van der Waals surface area contributed by atoms with Gasteiger partial charge in [0.15, 0.2) is 11.5 Å². The van der Waals surface area contributed by atoms with Crippen molar-refractivity contribution in [2.45, 2.75) is 6.10 Å². The second-order valence-corrected chi connectivity index (χ2v) is 7.40. The molecule has 2 heterocycles. The van der Waals surface area contributed by atoms with Gasteiger partial charge in [-0.1, -0.05) is 12.1 Å². The Balaban J connectivity index is 1.79. The fourth-order valence-electron chi connectivity index (χ4n) is 3.10. The third-order valence-electron chi connectivity index (χ3n) is 4.93. The monoisotopic (exact) mass is 444 g/mol. The quantitative estimate of drug-likeness (QED) is 0.594. The van der Waals surface area contributed by atoms with Gasteiger partial charge in [0.2, 0.25) is 11.8 Å². The fourth-order valence-corrected chi connectivity index (χ4v) is 3.10. The molecule has 3 N–H and O–H groups in total. The number of rotatable bonds is 5. The average Bonchev–Trinajstić information content (AvgIpc) is 2.81. The molecule has 1 aliphatic heterocycles. The number of likely N-dealkylation sites (N-methyl/N-ethyl adjacent to an activating group) is 1. The first-order valence-corrected chi connectivity index (χ1v) is 10.4. The van der Waals surface area contributed by atoms with E-state index in [-0.39, 0.29) is 30.8 Å². The summed E-state index contributed by atoms with van der Waals surface area (Å²) in [6, 6.07) is 10.4. The van der Waals surface area contributed by atoms with Crippen LogP contribution >= 0.6 is 0 Å². The largest absolute Gasteiger partial charge is 0.488 e. The number of nitrogens with zero attached hydrogens (tertiary/aromatic N) is 3. The van der Waals surface area contributed by atoms with E-state index in [1.165, 1.54) is 0 Å². The number of aliphatic hydroxyl groups is 2. The Morgan fingerprint density at radius 1 is 1.19 bits per heavy atom. The molecule has 3 rings (SSSR count). The lowest BCUT2D eigenvalue weighted by Crippen LogP contribution is -2.44. The normalized spacial score (nSPS) is 16.2. The molecule has 0 saturated carbocycles. The van der Waals surface area contributed by atoms with Gasteiger partial charge in [-0.2, -0.15) is 0 Å². The Labute approximate surface area is 186 Å². The Hall–Kier alpha value is -3.21. The Bertz CT molecular complexity index is 925. The Morgan fingerprint density at radius 2 is 1.97 bits per heavy atom. The van der Waals surface area contributed by atoms with Crippen molar-refractivity contribution < 1.29 is 29.3 Å². The average molecular weight is 444 g/mol. The SMILES string of the molecule is CN1CCN(CC(=O)NCC(O)CO)CCOc2ccccc2Oc2ncccc2C1=O. The highest BCUT2D eigenvalue weighted by atomic mass is 16.5. The lowest BCUT2D eigenvalue weighted by atomic mass is 10.2. The molecule has 32 heavy (non-hydrogen) atoms. The molecule has 172 valence electrons. The number of hydrogen-bond donors (Lipinski definition) is 3. The minimum Gasteiger partial charge on any atom is -0.488 e. The van der Waals surface area contributed by atoms with Crippen LogP contribution in [0.4, 0.5) is 0 Å². The highest BCUT2D eigenvalue weighted by molar-refractivity contribution is 5.96. The molecule has 10 heteroatoms. The molecule has 2 aromatic rings. The number of para-hydroxylation sites is 2. The molecule has 0 bridgehead atoms. The number of amides is 2. The van der Waals surface area contributed by atoms with Gasteiger partial charge in [-0.3, -0.25) is 14.5 Å². The number of pyridine rings is 1. The first-order valence-electron chi connectivity index (χ1n) is 10.4. The summed E-state index contributed by atoms with van der Waals surface area (Å²) >= 11 is 0. The molecule has 0 aliphatic carbocycles. The lowest BCUT2D eigenvalue weighted by molar-refractivity contribution is -0.122. The predicted octanol–water partition coefficient (Wildman–Crippen LogP) is 0.110. The molecule has 1 unspecified atom stereocenters. The molecule has 1 aromatic heterocycles. The van der Waals surface area contributed by atoms with Gasteiger partial charge in [-0.15, -0.1) is 0 Å². The fraction of sp³-hybridized carbons (Fsp3) is 0.409. The maximum absolute atomic E-state index is 13.0. The highest BCUT2D eigenvalue weighted by Gasteiger charge is 2.21. The summed E-state index contributed by atoms with van der Waals surface area (Å²) < 4.78 is 11.8. The summed E-state index contributed by atoms with van der Waals surface area (Å²) in [6.07, 6.45) is 0.549. The summed E-state index contributed by atoms with van der Waals surface area (Å²) in [7, 11) is 1.68. The van der Waals surface area contributed by atoms with Gasteiger partial charge in [0.1, 0.15) is 12.2 Å². The van der Waals surface area contributed by atoms with Crippen LogP contribution in [0.5, 0.6) is 17.4 Å². The number of carbonyl (C=O) groups excluding carboxylic acids is 2. The smallest absolute Gasteiger partial charge is 0.259 e. The molecule has 0 spiro atoms. The van der Waals surface area contributed by atoms with Gasteiger partial charge >= 0.3 is 0 Å². The van der Waals surface area contributed by atoms with Crippen LogP contribution < -0.4 is 14.8 Å². The highest BCUT2D eigenvalue weighted by Crippen LogP contribution is 2.32. The summed E-state index contributed by atoms with van der Waals surface area (Å²) in [5, 5.41) is 20.9. The maximum atomic E-state index is 13.0. The van der Waals surface area contributed by atoms with Crippen molar-refractivity contribution >= 4 is 11.8 Å². The Kier molecular flexibility index (Phi) is 8.37. The number of aliphatic hydroxyl groups excluding tert-OH is 2. The molecule has 1 aliphatic rings. The van der Waals surface area contributed by atoms with Crippen LogP contribution in [-0.2, 0) is 4.79 Å². The van der Waals surface area contributed by atoms with Crippen LogP contribution in [0.3, 0.4) is 0 Å². The van der Waals surface area contributed by atoms with Gasteiger partial charge in [-0.05, 0) is 24.3 Å². The first kappa shape index (κ1) is 23.5. The van der Waals surface area contributed by atoms with Gasteiger partial charge in [0.25, 0.3) is 5.91 Å². The molecular weight excluding hydrogens is 416 g/mol. The van der Waals surface area contributed by atoms with Gasteiger partial charge in [0, 0.05) is 39.4 Å². The van der Waals surface area contributed by atoms with E-state index in [0.29, 0.717) is 43.3 Å². The number of aromatic nitrogens is 1. The summed E-state index contributed by atoms with van der Waals surface area (Å²) in [4.78, 5) is 32.9. The van der Waals surface area contributed by atoms with E-state index in [0.717, 1.165) is 0 Å². The van der Waals surface area contributed by atoms with E-state index in [1.54, 1.807) is 48.5 Å². The number of carbonyl (C=O) groups is 2. The first-order chi connectivity index (χ1) is 15.5. The third kappa shape index (κ3) is 6.39. The second kappa shape index (κ2) is 11.4. The van der Waals surface area contributed by atoms with Crippen LogP contribution in [0.25, 0.3) is 0 Å².